The van der Waals surface area contributed by atoms with Crippen LogP contribution in [0.15, 0.2) is 42.5 Å². The number of imidazole rings is 1. The number of ether oxygens (including phenoxy) is 1. The molecule has 0 unspecified atom stereocenters. The number of para-hydroxylation sites is 1. The van der Waals surface area contributed by atoms with Gasteiger partial charge in [0.2, 0.25) is 0 Å². The third kappa shape index (κ3) is 1.91. The molecule has 3 aromatic rings. The molecule has 0 radical (unpaired) electrons. The van der Waals surface area contributed by atoms with Gasteiger partial charge in [-0.15, -0.1) is 0 Å². The summed E-state index contributed by atoms with van der Waals surface area (Å²) >= 11 is 0. The van der Waals surface area contributed by atoms with Gasteiger partial charge in [0.25, 0.3) is 0 Å². The minimum atomic E-state index is 0.577. The molecule has 1 heterocycles. The number of aromatic amines is 1. The van der Waals surface area contributed by atoms with E-state index in [4.69, 9.17) is 10.00 Å². The fourth-order valence-electron chi connectivity index (χ4n) is 2.01. The van der Waals surface area contributed by atoms with E-state index in [2.05, 4.69) is 16.0 Å². The third-order valence-electron chi connectivity index (χ3n) is 3.00. The number of nitriles is 1. The second-order valence-corrected chi connectivity index (χ2v) is 4.13. The van der Waals surface area contributed by atoms with Crippen molar-refractivity contribution in [2.45, 2.75) is 0 Å². The molecule has 0 aliphatic carbocycles. The summed E-state index contributed by atoms with van der Waals surface area (Å²) in [6.07, 6.45) is 0. The van der Waals surface area contributed by atoms with Gasteiger partial charge in [0.1, 0.15) is 23.2 Å². The number of nitrogens with zero attached hydrogens (tertiary/aromatic N) is 2. The lowest BCUT2D eigenvalue weighted by Gasteiger charge is -2.00. The van der Waals surface area contributed by atoms with Crippen molar-refractivity contribution in [3.63, 3.8) is 0 Å². The highest BCUT2D eigenvalue weighted by atomic mass is 16.5. The van der Waals surface area contributed by atoms with Crippen LogP contribution in [0, 0.1) is 11.3 Å². The van der Waals surface area contributed by atoms with Crippen LogP contribution in [0.25, 0.3) is 22.4 Å². The summed E-state index contributed by atoms with van der Waals surface area (Å²) in [4.78, 5) is 7.71. The van der Waals surface area contributed by atoms with Gasteiger partial charge in [0.05, 0.1) is 18.2 Å². The van der Waals surface area contributed by atoms with Crippen LogP contribution >= 0.6 is 0 Å². The van der Waals surface area contributed by atoms with Crippen LogP contribution < -0.4 is 4.74 Å². The van der Waals surface area contributed by atoms with Gasteiger partial charge in [-0.05, 0) is 36.4 Å². The Morgan fingerprint density at radius 1 is 1.16 bits per heavy atom. The fraction of sp³-hybridized carbons (Fsp3) is 0.0667. The Morgan fingerprint density at radius 2 is 1.95 bits per heavy atom. The number of hydrogen-bond acceptors (Lipinski definition) is 3. The number of aromatic nitrogens is 2. The number of rotatable bonds is 2. The van der Waals surface area contributed by atoms with Crippen molar-refractivity contribution in [1.29, 1.82) is 5.26 Å². The molecule has 0 saturated heterocycles. The van der Waals surface area contributed by atoms with Gasteiger partial charge in [-0.1, -0.05) is 6.07 Å². The molecule has 0 aliphatic heterocycles. The Kier molecular flexibility index (Phi) is 2.66. The van der Waals surface area contributed by atoms with E-state index in [-0.39, 0.29) is 0 Å². The highest BCUT2D eigenvalue weighted by Gasteiger charge is 2.08. The molecule has 0 bridgehead atoms. The van der Waals surface area contributed by atoms with Gasteiger partial charge < -0.3 is 9.72 Å². The van der Waals surface area contributed by atoms with E-state index in [1.165, 1.54) is 0 Å². The highest BCUT2D eigenvalue weighted by Crippen LogP contribution is 2.24. The average molecular weight is 249 g/mol. The van der Waals surface area contributed by atoms with E-state index in [9.17, 15) is 0 Å². The first kappa shape index (κ1) is 11.3. The van der Waals surface area contributed by atoms with E-state index in [1.54, 1.807) is 13.2 Å². The van der Waals surface area contributed by atoms with E-state index in [0.717, 1.165) is 22.7 Å². The number of H-pyrrole nitrogens is 1. The second kappa shape index (κ2) is 4.46. The summed E-state index contributed by atoms with van der Waals surface area (Å²) in [5, 5.41) is 9.06. The van der Waals surface area contributed by atoms with Crippen LogP contribution in [0.4, 0.5) is 0 Å². The minimum absolute atomic E-state index is 0.577. The molecule has 3 rings (SSSR count). The number of nitrogens with one attached hydrogen (secondary N) is 1. The smallest absolute Gasteiger partial charge is 0.138 e. The largest absolute Gasteiger partial charge is 0.497 e. The molecule has 92 valence electrons. The van der Waals surface area contributed by atoms with E-state index < -0.39 is 0 Å². The van der Waals surface area contributed by atoms with Crippen LogP contribution in [-0.4, -0.2) is 17.1 Å². The lowest BCUT2D eigenvalue weighted by molar-refractivity contribution is 0.415. The zero-order valence-electron chi connectivity index (χ0n) is 10.3. The van der Waals surface area contributed by atoms with Gasteiger partial charge in [0.15, 0.2) is 0 Å². The first-order valence-corrected chi connectivity index (χ1v) is 5.85. The Morgan fingerprint density at radius 3 is 2.63 bits per heavy atom. The fourth-order valence-corrected chi connectivity index (χ4v) is 2.01. The lowest BCUT2D eigenvalue weighted by Crippen LogP contribution is -1.83. The molecule has 19 heavy (non-hydrogen) atoms. The normalized spacial score (nSPS) is 10.3. The van der Waals surface area contributed by atoms with Crippen molar-refractivity contribution in [2.75, 3.05) is 7.11 Å². The summed E-state index contributed by atoms with van der Waals surface area (Å²) < 4.78 is 5.13. The molecule has 0 spiro atoms. The van der Waals surface area contributed by atoms with Crippen molar-refractivity contribution in [2.24, 2.45) is 0 Å². The molecule has 0 aliphatic rings. The Bertz CT molecular complexity index is 766. The summed E-state index contributed by atoms with van der Waals surface area (Å²) in [7, 11) is 1.63. The molecule has 1 N–H and O–H groups in total. The maximum Gasteiger partial charge on any atom is 0.138 e. The van der Waals surface area contributed by atoms with Gasteiger partial charge in [0, 0.05) is 5.56 Å². The maximum absolute atomic E-state index is 9.06. The van der Waals surface area contributed by atoms with Crippen LogP contribution in [0.2, 0.25) is 0 Å². The first-order valence-electron chi connectivity index (χ1n) is 5.85. The maximum atomic E-state index is 9.06. The van der Waals surface area contributed by atoms with Gasteiger partial charge >= 0.3 is 0 Å². The molecular formula is C15H11N3O. The monoisotopic (exact) mass is 249 g/mol. The molecule has 2 aromatic carbocycles. The summed E-state index contributed by atoms with van der Waals surface area (Å²) in [5.41, 5.74) is 3.11. The summed E-state index contributed by atoms with van der Waals surface area (Å²) in [6.45, 7) is 0. The highest BCUT2D eigenvalue weighted by molar-refractivity contribution is 5.84. The minimum Gasteiger partial charge on any atom is -0.497 e. The number of benzene rings is 2. The van der Waals surface area contributed by atoms with Crippen molar-refractivity contribution < 1.29 is 4.74 Å². The number of fused-ring (bicyclic) bond motifs is 1. The van der Waals surface area contributed by atoms with Crippen LogP contribution in [-0.2, 0) is 0 Å². The van der Waals surface area contributed by atoms with E-state index in [0.29, 0.717) is 11.1 Å². The molecule has 0 amide bonds. The first-order chi connectivity index (χ1) is 9.31. The Balaban J connectivity index is 2.12. The number of hydrogen-bond donors (Lipinski definition) is 1. The van der Waals surface area contributed by atoms with Crippen LogP contribution in [0.1, 0.15) is 5.56 Å². The second-order valence-electron chi connectivity index (χ2n) is 4.13. The zero-order chi connectivity index (χ0) is 13.2. The van der Waals surface area contributed by atoms with Gasteiger partial charge in [-0.3, -0.25) is 0 Å². The van der Waals surface area contributed by atoms with E-state index in [1.807, 2.05) is 36.4 Å². The molecule has 1 aromatic heterocycles. The average Bonchev–Trinajstić information content (AvgIpc) is 2.91. The molecular weight excluding hydrogens is 238 g/mol. The quantitative estimate of drug-likeness (QED) is 0.759. The van der Waals surface area contributed by atoms with Crippen LogP contribution in [0.5, 0.6) is 5.75 Å². The molecule has 4 heteroatoms. The standard InChI is InChI=1S/C15H11N3O/c1-19-12-7-5-10(6-8-12)15-17-13-4-2-3-11(9-16)14(13)18-15/h2-8H,1H3,(H,17,18). The van der Waals surface area contributed by atoms with E-state index >= 15 is 0 Å². The van der Waals surface area contributed by atoms with Crippen molar-refractivity contribution >= 4 is 11.0 Å². The number of methoxy groups -OCH3 is 1. The molecule has 0 fully saturated rings. The zero-order valence-corrected chi connectivity index (χ0v) is 10.3. The SMILES string of the molecule is COc1ccc(-c2nc3c(C#N)cccc3[nH]2)cc1. The molecule has 4 nitrogen and oxygen atoms in total. The molecule has 0 saturated carbocycles. The Labute approximate surface area is 110 Å². The third-order valence-corrected chi connectivity index (χ3v) is 3.00. The predicted octanol–water partition coefficient (Wildman–Crippen LogP) is 3.11. The summed E-state index contributed by atoms with van der Waals surface area (Å²) in [5.74, 6) is 1.55. The topological polar surface area (TPSA) is 61.7 Å². The van der Waals surface area contributed by atoms with Crippen molar-refractivity contribution in [1.82, 2.24) is 9.97 Å². The van der Waals surface area contributed by atoms with Crippen molar-refractivity contribution in [3.05, 3.63) is 48.0 Å². The molecule has 0 atom stereocenters. The predicted molar refractivity (Wildman–Crippen MR) is 72.8 cm³/mol. The van der Waals surface area contributed by atoms with Crippen LogP contribution in [0.3, 0.4) is 0 Å². The Hall–Kier alpha value is -2.80. The lowest BCUT2D eigenvalue weighted by atomic mass is 10.2. The van der Waals surface area contributed by atoms with Crippen molar-refractivity contribution in [3.8, 4) is 23.2 Å². The van der Waals surface area contributed by atoms with Gasteiger partial charge in [-0.2, -0.15) is 5.26 Å². The summed E-state index contributed by atoms with van der Waals surface area (Å²) in [6, 6.07) is 15.3. The van der Waals surface area contributed by atoms with Gasteiger partial charge in [-0.25, -0.2) is 4.98 Å².